The molecule has 0 spiro atoms. The van der Waals surface area contributed by atoms with Gasteiger partial charge in [0.05, 0.1) is 6.61 Å². The van der Waals surface area contributed by atoms with Gasteiger partial charge >= 0.3 is 0 Å². The third-order valence-electron chi connectivity index (χ3n) is 3.49. The maximum atomic E-state index is 6.23. The van der Waals surface area contributed by atoms with Crippen LogP contribution < -0.4 is 0 Å². The normalized spacial score (nSPS) is 19.5. The lowest BCUT2D eigenvalue weighted by molar-refractivity contribution is 0.193. The van der Waals surface area contributed by atoms with Crippen molar-refractivity contribution in [2.24, 2.45) is 0 Å². The van der Waals surface area contributed by atoms with Crippen LogP contribution in [0.3, 0.4) is 0 Å². The maximum absolute atomic E-state index is 6.23. The molecular formula is C14H11ClN2O2. The molecule has 3 heterocycles. The van der Waals surface area contributed by atoms with E-state index in [0.29, 0.717) is 17.3 Å². The van der Waals surface area contributed by atoms with Gasteiger partial charge in [-0.2, -0.15) is 0 Å². The summed E-state index contributed by atoms with van der Waals surface area (Å²) in [5, 5.41) is 1.35. The van der Waals surface area contributed by atoms with Crippen LogP contribution in [0.2, 0.25) is 5.15 Å². The smallest absolute Gasteiger partial charge is 0.191 e. The SMILES string of the molecule is Clc1nc([C@H]2CCOC2)nc2c1oc1ccccc12. The number of benzene rings is 1. The summed E-state index contributed by atoms with van der Waals surface area (Å²) < 4.78 is 11.1. The summed E-state index contributed by atoms with van der Waals surface area (Å²) in [4.78, 5) is 9.00. The summed E-state index contributed by atoms with van der Waals surface area (Å²) in [7, 11) is 0. The minimum atomic E-state index is 0.232. The van der Waals surface area contributed by atoms with E-state index in [9.17, 15) is 0 Å². The molecule has 4 rings (SSSR count). The van der Waals surface area contributed by atoms with E-state index in [-0.39, 0.29) is 5.92 Å². The van der Waals surface area contributed by atoms with E-state index < -0.39 is 0 Å². The minimum Gasteiger partial charge on any atom is -0.451 e. The van der Waals surface area contributed by atoms with Crippen molar-refractivity contribution in [3.05, 3.63) is 35.2 Å². The van der Waals surface area contributed by atoms with Crippen LogP contribution in [0.15, 0.2) is 28.7 Å². The molecule has 1 fully saturated rings. The second-order valence-corrected chi connectivity index (χ2v) is 5.07. The van der Waals surface area contributed by atoms with Gasteiger partial charge < -0.3 is 9.15 Å². The largest absolute Gasteiger partial charge is 0.451 e. The molecule has 19 heavy (non-hydrogen) atoms. The number of aromatic nitrogens is 2. The number of furan rings is 1. The van der Waals surface area contributed by atoms with Crippen LogP contribution in [-0.4, -0.2) is 23.2 Å². The van der Waals surface area contributed by atoms with Crippen LogP contribution in [0.25, 0.3) is 22.1 Å². The Morgan fingerprint density at radius 3 is 2.95 bits per heavy atom. The van der Waals surface area contributed by atoms with Crippen molar-refractivity contribution in [3.8, 4) is 0 Å². The van der Waals surface area contributed by atoms with Crippen molar-refractivity contribution in [1.82, 2.24) is 9.97 Å². The Labute approximate surface area is 114 Å². The van der Waals surface area contributed by atoms with Gasteiger partial charge in [-0.05, 0) is 18.6 Å². The van der Waals surface area contributed by atoms with Gasteiger partial charge in [0, 0.05) is 17.9 Å². The Morgan fingerprint density at radius 2 is 2.11 bits per heavy atom. The Morgan fingerprint density at radius 1 is 1.21 bits per heavy atom. The molecular weight excluding hydrogens is 264 g/mol. The highest BCUT2D eigenvalue weighted by Gasteiger charge is 2.23. The van der Waals surface area contributed by atoms with Crippen LogP contribution in [0.1, 0.15) is 18.2 Å². The molecule has 0 aliphatic carbocycles. The van der Waals surface area contributed by atoms with Gasteiger partial charge in [-0.1, -0.05) is 23.7 Å². The summed E-state index contributed by atoms with van der Waals surface area (Å²) in [6.07, 6.45) is 0.942. The average Bonchev–Trinajstić information content (AvgIpc) is 3.06. The van der Waals surface area contributed by atoms with Crippen LogP contribution in [0.5, 0.6) is 0 Å². The second kappa shape index (κ2) is 4.18. The number of ether oxygens (including phenoxy) is 1. The van der Waals surface area contributed by atoms with Gasteiger partial charge in [0.2, 0.25) is 0 Å². The predicted octanol–water partition coefficient (Wildman–Crippen LogP) is 3.53. The molecule has 0 unspecified atom stereocenters. The molecule has 0 radical (unpaired) electrons. The Hall–Kier alpha value is -1.65. The molecule has 5 heteroatoms. The first kappa shape index (κ1) is 11.2. The zero-order chi connectivity index (χ0) is 12.8. The van der Waals surface area contributed by atoms with Gasteiger partial charge in [-0.3, -0.25) is 0 Å². The molecule has 2 aromatic heterocycles. The van der Waals surface area contributed by atoms with E-state index in [4.69, 9.17) is 20.8 Å². The number of hydrogen-bond acceptors (Lipinski definition) is 4. The standard InChI is InChI=1S/C14H11ClN2O2/c15-13-12-11(9-3-1-2-4-10(9)19-12)16-14(17-13)8-5-6-18-7-8/h1-4,8H,5-7H2/t8-/m0/s1. The number of rotatable bonds is 1. The zero-order valence-corrected chi connectivity index (χ0v) is 10.9. The molecule has 1 atom stereocenters. The average molecular weight is 275 g/mol. The predicted molar refractivity (Wildman–Crippen MR) is 72.5 cm³/mol. The van der Waals surface area contributed by atoms with Crippen LogP contribution in [0.4, 0.5) is 0 Å². The summed E-state index contributed by atoms with van der Waals surface area (Å²) in [6, 6.07) is 7.79. The lowest BCUT2D eigenvalue weighted by atomic mass is 10.1. The molecule has 3 aromatic rings. The quantitative estimate of drug-likeness (QED) is 0.637. The first-order valence-corrected chi connectivity index (χ1v) is 6.63. The van der Waals surface area contributed by atoms with Crippen LogP contribution in [-0.2, 0) is 4.74 Å². The molecule has 0 N–H and O–H groups in total. The van der Waals surface area contributed by atoms with Gasteiger partial charge in [-0.25, -0.2) is 9.97 Å². The van der Waals surface area contributed by atoms with Crippen molar-refractivity contribution in [1.29, 1.82) is 0 Å². The molecule has 1 saturated heterocycles. The summed E-state index contributed by atoms with van der Waals surface area (Å²) >= 11 is 6.23. The van der Waals surface area contributed by atoms with Gasteiger partial charge in [0.15, 0.2) is 10.7 Å². The number of para-hydroxylation sites is 1. The van der Waals surface area contributed by atoms with E-state index in [1.165, 1.54) is 0 Å². The first-order valence-electron chi connectivity index (χ1n) is 6.25. The highest BCUT2D eigenvalue weighted by molar-refractivity contribution is 6.34. The Bertz CT molecular complexity index is 763. The molecule has 1 aliphatic rings. The number of fused-ring (bicyclic) bond motifs is 3. The monoisotopic (exact) mass is 274 g/mol. The van der Waals surface area contributed by atoms with E-state index in [2.05, 4.69) is 9.97 Å². The minimum absolute atomic E-state index is 0.232. The maximum Gasteiger partial charge on any atom is 0.191 e. The number of halogens is 1. The highest BCUT2D eigenvalue weighted by Crippen LogP contribution is 2.33. The summed E-state index contributed by atoms with van der Waals surface area (Å²) in [5.41, 5.74) is 2.14. The zero-order valence-electron chi connectivity index (χ0n) is 10.1. The topological polar surface area (TPSA) is 48.2 Å². The van der Waals surface area contributed by atoms with Crippen molar-refractivity contribution in [3.63, 3.8) is 0 Å². The Kier molecular flexibility index (Phi) is 2.47. The first-order chi connectivity index (χ1) is 9.33. The van der Waals surface area contributed by atoms with Crippen molar-refractivity contribution in [2.45, 2.75) is 12.3 Å². The van der Waals surface area contributed by atoms with Gasteiger partial charge in [0.1, 0.15) is 16.9 Å². The van der Waals surface area contributed by atoms with E-state index in [0.717, 1.165) is 35.3 Å². The third kappa shape index (κ3) is 1.71. The lowest BCUT2D eigenvalue weighted by Gasteiger charge is -2.05. The molecule has 96 valence electrons. The van der Waals surface area contributed by atoms with E-state index in [1.807, 2.05) is 24.3 Å². The van der Waals surface area contributed by atoms with E-state index >= 15 is 0 Å². The molecule has 0 bridgehead atoms. The fraction of sp³-hybridized carbons (Fsp3) is 0.286. The van der Waals surface area contributed by atoms with E-state index in [1.54, 1.807) is 0 Å². The number of nitrogens with zero attached hydrogens (tertiary/aromatic N) is 2. The molecule has 0 amide bonds. The van der Waals surface area contributed by atoms with Crippen LogP contribution >= 0.6 is 11.6 Å². The molecule has 1 aromatic carbocycles. The van der Waals surface area contributed by atoms with Crippen LogP contribution in [0, 0.1) is 0 Å². The molecule has 4 nitrogen and oxygen atoms in total. The second-order valence-electron chi connectivity index (χ2n) is 4.71. The van der Waals surface area contributed by atoms with Gasteiger partial charge in [0.25, 0.3) is 0 Å². The third-order valence-corrected chi connectivity index (χ3v) is 3.75. The lowest BCUT2D eigenvalue weighted by Crippen LogP contribution is -2.04. The molecule has 0 saturated carbocycles. The highest BCUT2D eigenvalue weighted by atomic mass is 35.5. The van der Waals surface area contributed by atoms with Crippen molar-refractivity contribution < 1.29 is 9.15 Å². The van der Waals surface area contributed by atoms with Gasteiger partial charge in [-0.15, -0.1) is 0 Å². The van der Waals surface area contributed by atoms with Crippen molar-refractivity contribution >= 4 is 33.7 Å². The summed E-state index contributed by atoms with van der Waals surface area (Å²) in [5.74, 6) is 0.983. The fourth-order valence-electron chi connectivity index (χ4n) is 2.49. The summed E-state index contributed by atoms with van der Waals surface area (Å²) in [6.45, 7) is 1.42. The number of hydrogen-bond donors (Lipinski definition) is 0. The Balaban J connectivity index is 2.00. The molecule has 1 aliphatic heterocycles. The fourth-order valence-corrected chi connectivity index (χ4v) is 2.71. The van der Waals surface area contributed by atoms with Crippen molar-refractivity contribution in [2.75, 3.05) is 13.2 Å².